The predicted octanol–water partition coefficient (Wildman–Crippen LogP) is 5.51. The second-order valence-electron chi connectivity index (χ2n) is 8.60. The Balaban J connectivity index is 1.87. The van der Waals surface area contributed by atoms with Crippen molar-refractivity contribution in [3.8, 4) is 0 Å². The van der Waals surface area contributed by atoms with Gasteiger partial charge in [-0.15, -0.1) is 0 Å². The Morgan fingerprint density at radius 2 is 1.44 bits per heavy atom. The van der Waals surface area contributed by atoms with E-state index in [1.165, 1.54) is 6.42 Å². The first-order valence-electron chi connectivity index (χ1n) is 9.75. The van der Waals surface area contributed by atoms with E-state index >= 15 is 0 Å². The minimum absolute atomic E-state index is 0.0526. The highest BCUT2D eigenvalue weighted by Gasteiger charge is 2.44. The molecule has 0 bridgehead atoms. The average Bonchev–Trinajstić information content (AvgIpc) is 2.64. The Bertz CT molecular complexity index is 742. The molecule has 3 rings (SSSR count). The molecule has 27 heavy (non-hydrogen) atoms. The minimum atomic E-state index is -1.12. The lowest BCUT2D eigenvalue weighted by atomic mass is 9.82. The molecule has 3 nitrogen and oxygen atoms in total. The maximum Gasteiger partial charge on any atom is 0.116 e. The van der Waals surface area contributed by atoms with Crippen molar-refractivity contribution in [3.63, 3.8) is 0 Å². The topological polar surface area (TPSA) is 29.5 Å². The lowest BCUT2D eigenvalue weighted by Crippen LogP contribution is -2.58. The summed E-state index contributed by atoms with van der Waals surface area (Å²) in [5.41, 5.74) is 0.963. The third-order valence-corrected chi connectivity index (χ3v) is 6.79. The molecule has 0 amide bonds. The van der Waals surface area contributed by atoms with Gasteiger partial charge in [-0.3, -0.25) is 9.05 Å². The molecule has 2 aromatic rings. The number of rotatable bonds is 6. The maximum absolute atomic E-state index is 13.0. The smallest absolute Gasteiger partial charge is 0.116 e. The zero-order chi connectivity index (χ0) is 19.5. The molecule has 146 valence electrons. The second-order valence-corrected chi connectivity index (χ2v) is 10.1. The molecule has 2 atom stereocenters. The van der Waals surface area contributed by atoms with Crippen molar-refractivity contribution in [2.24, 2.45) is 0 Å². The van der Waals surface area contributed by atoms with E-state index in [4.69, 9.17) is 4.84 Å². The summed E-state index contributed by atoms with van der Waals surface area (Å²) in [6.07, 6.45) is 3.15. The molecule has 0 spiro atoms. The number of hydroxylamine groups is 2. The number of hydrogen-bond donors (Lipinski definition) is 0. The third-order valence-electron chi connectivity index (χ3n) is 5.39. The summed E-state index contributed by atoms with van der Waals surface area (Å²) >= 11 is 0. The predicted molar refractivity (Wildman–Crippen MR) is 112 cm³/mol. The molecular formula is C23H31NO2S. The molecule has 4 heteroatoms. The monoisotopic (exact) mass is 385 g/mol. The van der Waals surface area contributed by atoms with E-state index in [9.17, 15) is 4.21 Å². The molecule has 2 unspecified atom stereocenters. The van der Waals surface area contributed by atoms with E-state index in [1.54, 1.807) is 0 Å². The fourth-order valence-corrected chi connectivity index (χ4v) is 5.23. The van der Waals surface area contributed by atoms with Crippen LogP contribution in [0.15, 0.2) is 65.6 Å². The van der Waals surface area contributed by atoms with Gasteiger partial charge in [0.25, 0.3) is 0 Å². The average molecular weight is 386 g/mol. The summed E-state index contributed by atoms with van der Waals surface area (Å²) in [7, 11) is -1.12. The van der Waals surface area contributed by atoms with Gasteiger partial charge in [-0.25, -0.2) is 0 Å². The van der Waals surface area contributed by atoms with Crippen LogP contribution >= 0.6 is 0 Å². The SMILES string of the molecule is CC1(C)CCCC(C)(C)N1OC(CS(=O)c1ccccc1)c1ccccc1. The van der Waals surface area contributed by atoms with Gasteiger partial charge >= 0.3 is 0 Å². The number of hydrogen-bond acceptors (Lipinski definition) is 3. The molecular weight excluding hydrogens is 354 g/mol. The van der Waals surface area contributed by atoms with E-state index in [0.717, 1.165) is 23.3 Å². The number of benzene rings is 2. The summed E-state index contributed by atoms with van der Waals surface area (Å²) in [5, 5.41) is 2.17. The van der Waals surface area contributed by atoms with Gasteiger partial charge in [0.15, 0.2) is 0 Å². The third kappa shape index (κ3) is 4.87. The molecule has 0 aromatic heterocycles. The van der Waals surface area contributed by atoms with Crippen LogP contribution in [0, 0.1) is 0 Å². The first kappa shape index (κ1) is 20.2. The number of piperidine rings is 1. The first-order valence-corrected chi connectivity index (χ1v) is 11.1. The quantitative estimate of drug-likeness (QED) is 0.656. The van der Waals surface area contributed by atoms with E-state index in [2.05, 4.69) is 44.9 Å². The van der Waals surface area contributed by atoms with Crippen molar-refractivity contribution in [2.45, 2.75) is 69.0 Å². The van der Waals surface area contributed by atoms with Crippen LogP contribution in [-0.2, 0) is 15.6 Å². The molecule has 1 heterocycles. The van der Waals surface area contributed by atoms with E-state index in [-0.39, 0.29) is 17.2 Å². The van der Waals surface area contributed by atoms with Crippen LogP contribution in [0.1, 0.15) is 58.6 Å². The van der Waals surface area contributed by atoms with Gasteiger partial charge in [0, 0.05) is 16.0 Å². The van der Waals surface area contributed by atoms with Crippen molar-refractivity contribution in [2.75, 3.05) is 5.75 Å². The Morgan fingerprint density at radius 1 is 0.926 bits per heavy atom. The summed E-state index contributed by atoms with van der Waals surface area (Å²) in [4.78, 5) is 7.49. The summed E-state index contributed by atoms with van der Waals surface area (Å²) in [5.74, 6) is 0.441. The molecule has 1 saturated heterocycles. The van der Waals surface area contributed by atoms with Gasteiger partial charge in [-0.05, 0) is 64.7 Å². The highest BCUT2D eigenvalue weighted by Crippen LogP contribution is 2.40. The van der Waals surface area contributed by atoms with Crippen LogP contribution in [0.3, 0.4) is 0 Å². The molecule has 0 radical (unpaired) electrons. The van der Waals surface area contributed by atoms with Gasteiger partial charge in [-0.2, -0.15) is 5.06 Å². The van der Waals surface area contributed by atoms with Crippen LogP contribution < -0.4 is 0 Å². The highest BCUT2D eigenvalue weighted by molar-refractivity contribution is 7.85. The van der Waals surface area contributed by atoms with Crippen molar-refractivity contribution < 1.29 is 9.05 Å². The van der Waals surface area contributed by atoms with Crippen LogP contribution in [-0.4, -0.2) is 26.1 Å². The number of nitrogens with zero attached hydrogens (tertiary/aromatic N) is 1. The van der Waals surface area contributed by atoms with Crippen LogP contribution in [0.4, 0.5) is 0 Å². The van der Waals surface area contributed by atoms with Gasteiger partial charge in [0.1, 0.15) is 6.10 Å². The Hall–Kier alpha value is -1.49. The summed E-state index contributed by atoms with van der Waals surface area (Å²) in [6, 6.07) is 19.8. The van der Waals surface area contributed by atoms with Gasteiger partial charge < -0.3 is 0 Å². The zero-order valence-electron chi connectivity index (χ0n) is 16.9. The van der Waals surface area contributed by atoms with Gasteiger partial charge in [0.2, 0.25) is 0 Å². The minimum Gasteiger partial charge on any atom is -0.289 e. The van der Waals surface area contributed by atoms with E-state index in [0.29, 0.717) is 5.75 Å². The largest absolute Gasteiger partial charge is 0.289 e. The Morgan fingerprint density at radius 3 is 2.00 bits per heavy atom. The van der Waals surface area contributed by atoms with Crippen LogP contribution in [0.25, 0.3) is 0 Å². The van der Waals surface area contributed by atoms with Crippen molar-refractivity contribution in [1.29, 1.82) is 0 Å². The van der Waals surface area contributed by atoms with Crippen molar-refractivity contribution >= 4 is 10.8 Å². The summed E-state index contributed by atoms with van der Waals surface area (Å²) in [6.45, 7) is 8.96. The van der Waals surface area contributed by atoms with Crippen LogP contribution in [0.2, 0.25) is 0 Å². The first-order chi connectivity index (χ1) is 12.8. The molecule has 2 aromatic carbocycles. The molecule has 1 aliphatic rings. The van der Waals surface area contributed by atoms with E-state index < -0.39 is 10.8 Å². The molecule has 0 N–H and O–H groups in total. The Kier molecular flexibility index (Phi) is 6.19. The van der Waals surface area contributed by atoms with Crippen molar-refractivity contribution in [3.05, 3.63) is 66.2 Å². The summed E-state index contributed by atoms with van der Waals surface area (Å²) < 4.78 is 13.0. The van der Waals surface area contributed by atoms with Crippen LogP contribution in [0.5, 0.6) is 0 Å². The van der Waals surface area contributed by atoms with Crippen molar-refractivity contribution in [1.82, 2.24) is 5.06 Å². The fraction of sp³-hybridized carbons (Fsp3) is 0.478. The molecule has 1 fully saturated rings. The molecule has 0 saturated carbocycles. The van der Waals surface area contributed by atoms with E-state index in [1.807, 2.05) is 48.5 Å². The highest BCUT2D eigenvalue weighted by atomic mass is 32.2. The normalized spacial score (nSPS) is 21.5. The van der Waals surface area contributed by atoms with Gasteiger partial charge in [0.05, 0.1) is 16.6 Å². The zero-order valence-corrected chi connectivity index (χ0v) is 17.7. The Labute approximate surface area is 166 Å². The molecule has 0 aliphatic carbocycles. The second kappa shape index (κ2) is 8.26. The maximum atomic E-state index is 13.0. The fourth-order valence-electron chi connectivity index (χ4n) is 4.05. The lowest BCUT2D eigenvalue weighted by Gasteiger charge is -2.52. The van der Waals surface area contributed by atoms with Gasteiger partial charge in [-0.1, -0.05) is 48.5 Å². The molecule has 1 aliphatic heterocycles. The standard InChI is InChI=1S/C23H31NO2S/c1-22(2)16-11-17-23(3,4)24(22)26-21(19-12-7-5-8-13-19)18-27(25)20-14-9-6-10-15-20/h5-10,12-15,21H,11,16-18H2,1-4H3. The lowest BCUT2D eigenvalue weighted by molar-refractivity contribution is -0.303.